The molecule has 0 radical (unpaired) electrons. The molecule has 0 bridgehead atoms. The molecule has 1 amide bonds. The molecular formula is C12H13NO3. The smallest absolute Gasteiger partial charge is 0.238 e. The first-order chi connectivity index (χ1) is 7.48. The highest BCUT2D eigenvalue weighted by atomic mass is 16.5. The van der Waals surface area contributed by atoms with E-state index in [-0.39, 0.29) is 11.7 Å². The number of methoxy groups -OCH3 is 1. The van der Waals surface area contributed by atoms with Crippen LogP contribution in [0.5, 0.6) is 5.75 Å². The summed E-state index contributed by atoms with van der Waals surface area (Å²) in [7, 11) is 1.51. The minimum Gasteiger partial charge on any atom is -0.495 e. The van der Waals surface area contributed by atoms with Crippen LogP contribution in [0, 0.1) is 5.41 Å². The zero-order valence-corrected chi connectivity index (χ0v) is 9.46. The third kappa shape index (κ3) is 1.30. The zero-order valence-electron chi connectivity index (χ0n) is 9.46. The summed E-state index contributed by atoms with van der Waals surface area (Å²) in [6.07, 6.45) is 0. The molecule has 0 aromatic heterocycles. The number of carbonyl (C=O) groups is 2. The van der Waals surface area contributed by atoms with E-state index in [9.17, 15) is 9.59 Å². The van der Waals surface area contributed by atoms with Gasteiger partial charge in [-0.25, -0.2) is 0 Å². The first-order valence-electron chi connectivity index (χ1n) is 5.01. The van der Waals surface area contributed by atoms with Gasteiger partial charge in [0.1, 0.15) is 11.2 Å². The van der Waals surface area contributed by atoms with Gasteiger partial charge >= 0.3 is 0 Å². The van der Waals surface area contributed by atoms with Gasteiger partial charge in [0.15, 0.2) is 5.78 Å². The van der Waals surface area contributed by atoms with Crippen LogP contribution in [0.25, 0.3) is 0 Å². The Morgan fingerprint density at radius 3 is 2.56 bits per heavy atom. The second-order valence-electron chi connectivity index (χ2n) is 4.29. The van der Waals surface area contributed by atoms with Crippen LogP contribution in [0.15, 0.2) is 18.2 Å². The van der Waals surface area contributed by atoms with Gasteiger partial charge in [-0.1, -0.05) is 6.07 Å². The molecule has 0 saturated heterocycles. The molecule has 4 heteroatoms. The van der Waals surface area contributed by atoms with Gasteiger partial charge in [-0.15, -0.1) is 0 Å². The summed E-state index contributed by atoms with van der Waals surface area (Å²) < 4.78 is 5.11. The summed E-state index contributed by atoms with van der Waals surface area (Å²) >= 11 is 0. The molecule has 0 spiro atoms. The predicted octanol–water partition coefficient (Wildman–Crippen LogP) is 1.86. The molecule has 1 aliphatic heterocycles. The highest BCUT2D eigenvalue weighted by Gasteiger charge is 2.42. The summed E-state index contributed by atoms with van der Waals surface area (Å²) in [6, 6.07) is 5.15. The molecule has 0 atom stereocenters. The first-order valence-corrected chi connectivity index (χ1v) is 5.01. The molecule has 0 unspecified atom stereocenters. The van der Waals surface area contributed by atoms with Crippen LogP contribution in [-0.4, -0.2) is 18.8 Å². The van der Waals surface area contributed by atoms with E-state index in [1.807, 2.05) is 0 Å². The van der Waals surface area contributed by atoms with Crippen LogP contribution in [-0.2, 0) is 4.79 Å². The maximum Gasteiger partial charge on any atom is 0.238 e. The van der Waals surface area contributed by atoms with Crippen molar-refractivity contribution in [1.29, 1.82) is 0 Å². The molecule has 16 heavy (non-hydrogen) atoms. The molecule has 4 nitrogen and oxygen atoms in total. The third-order valence-electron chi connectivity index (χ3n) is 2.86. The number of fused-ring (bicyclic) bond motifs is 1. The van der Waals surface area contributed by atoms with Gasteiger partial charge in [-0.3, -0.25) is 9.59 Å². The van der Waals surface area contributed by atoms with Crippen molar-refractivity contribution in [2.75, 3.05) is 12.4 Å². The van der Waals surface area contributed by atoms with Crippen molar-refractivity contribution in [2.45, 2.75) is 13.8 Å². The van der Waals surface area contributed by atoms with E-state index in [4.69, 9.17) is 4.74 Å². The zero-order chi connectivity index (χ0) is 11.9. The van der Waals surface area contributed by atoms with Crippen molar-refractivity contribution in [1.82, 2.24) is 0 Å². The molecule has 1 aromatic rings. The second kappa shape index (κ2) is 3.33. The van der Waals surface area contributed by atoms with Crippen molar-refractivity contribution in [3.8, 4) is 5.75 Å². The van der Waals surface area contributed by atoms with E-state index in [0.29, 0.717) is 17.0 Å². The van der Waals surface area contributed by atoms with E-state index >= 15 is 0 Å². The fourth-order valence-corrected chi connectivity index (χ4v) is 1.73. The Kier molecular flexibility index (Phi) is 2.22. The van der Waals surface area contributed by atoms with Crippen molar-refractivity contribution >= 4 is 17.4 Å². The lowest BCUT2D eigenvalue weighted by atomic mass is 9.80. The quantitative estimate of drug-likeness (QED) is 0.733. The summed E-state index contributed by atoms with van der Waals surface area (Å²) in [6.45, 7) is 3.24. The largest absolute Gasteiger partial charge is 0.495 e. The molecule has 0 fully saturated rings. The van der Waals surface area contributed by atoms with E-state index < -0.39 is 5.41 Å². The lowest BCUT2D eigenvalue weighted by Gasteiger charge is -2.29. The number of hydrogen-bond donors (Lipinski definition) is 1. The third-order valence-corrected chi connectivity index (χ3v) is 2.86. The standard InChI is InChI=1S/C12H13NO3/c1-12(2)10(14)7-5-4-6-8(16-3)9(7)13-11(12)15/h4-6H,1-3H3,(H,13,15). The number of amides is 1. The van der Waals surface area contributed by atoms with Crippen LogP contribution >= 0.6 is 0 Å². The van der Waals surface area contributed by atoms with Gasteiger partial charge in [-0.2, -0.15) is 0 Å². The number of anilines is 1. The highest BCUT2D eigenvalue weighted by Crippen LogP contribution is 2.38. The van der Waals surface area contributed by atoms with Crippen LogP contribution < -0.4 is 10.1 Å². The SMILES string of the molecule is COc1cccc2c1NC(=O)C(C)(C)C2=O. The number of benzene rings is 1. The Hall–Kier alpha value is -1.84. The maximum atomic E-state index is 12.1. The van der Waals surface area contributed by atoms with Gasteiger partial charge in [0.05, 0.1) is 12.8 Å². The number of rotatable bonds is 1. The predicted molar refractivity (Wildman–Crippen MR) is 59.7 cm³/mol. The minimum absolute atomic E-state index is 0.176. The highest BCUT2D eigenvalue weighted by molar-refractivity contribution is 6.24. The van der Waals surface area contributed by atoms with Crippen LogP contribution in [0.1, 0.15) is 24.2 Å². The number of Topliss-reactive ketones (excluding diaryl/α,β-unsaturated/α-hetero) is 1. The molecule has 1 aromatic carbocycles. The van der Waals surface area contributed by atoms with Crippen molar-refractivity contribution in [2.24, 2.45) is 5.41 Å². The minimum atomic E-state index is -1.01. The van der Waals surface area contributed by atoms with E-state index in [0.717, 1.165) is 0 Å². The van der Waals surface area contributed by atoms with Crippen LogP contribution in [0.3, 0.4) is 0 Å². The molecular weight excluding hydrogens is 206 g/mol. The van der Waals surface area contributed by atoms with E-state index in [2.05, 4.69) is 5.32 Å². The van der Waals surface area contributed by atoms with Crippen molar-refractivity contribution in [3.63, 3.8) is 0 Å². The molecule has 1 aliphatic rings. The molecule has 1 heterocycles. The Bertz CT molecular complexity index is 477. The molecule has 2 rings (SSSR count). The number of ether oxygens (including phenoxy) is 1. The number of hydrogen-bond acceptors (Lipinski definition) is 3. The van der Waals surface area contributed by atoms with Crippen LogP contribution in [0.2, 0.25) is 0 Å². The van der Waals surface area contributed by atoms with Gasteiger partial charge in [0.25, 0.3) is 0 Å². The Morgan fingerprint density at radius 2 is 1.94 bits per heavy atom. The number of carbonyl (C=O) groups excluding carboxylic acids is 2. The first kappa shape index (κ1) is 10.7. The van der Waals surface area contributed by atoms with Crippen LogP contribution in [0.4, 0.5) is 5.69 Å². The van der Waals surface area contributed by atoms with Crippen molar-refractivity contribution < 1.29 is 14.3 Å². The summed E-state index contributed by atoms with van der Waals surface area (Å²) in [5.74, 6) is 0.0364. The molecule has 84 valence electrons. The summed E-state index contributed by atoms with van der Waals surface area (Å²) in [5, 5.41) is 2.72. The van der Waals surface area contributed by atoms with E-state index in [1.165, 1.54) is 7.11 Å². The Labute approximate surface area is 93.6 Å². The average Bonchev–Trinajstić information content (AvgIpc) is 2.26. The second-order valence-corrected chi connectivity index (χ2v) is 4.29. The average molecular weight is 219 g/mol. The fourth-order valence-electron chi connectivity index (χ4n) is 1.73. The number of para-hydroxylation sites is 1. The lowest BCUT2D eigenvalue weighted by molar-refractivity contribution is -0.122. The topological polar surface area (TPSA) is 55.4 Å². The molecule has 0 aliphatic carbocycles. The van der Waals surface area contributed by atoms with Gasteiger partial charge in [0.2, 0.25) is 5.91 Å². The molecule has 0 saturated carbocycles. The summed E-state index contributed by atoms with van der Waals surface area (Å²) in [4.78, 5) is 23.9. The van der Waals surface area contributed by atoms with E-state index in [1.54, 1.807) is 32.0 Å². The fraction of sp³-hybridized carbons (Fsp3) is 0.333. The number of nitrogens with one attached hydrogen (secondary N) is 1. The maximum absolute atomic E-state index is 12.1. The lowest BCUT2D eigenvalue weighted by Crippen LogP contribution is -2.42. The number of ketones is 1. The Morgan fingerprint density at radius 1 is 1.25 bits per heavy atom. The Balaban J connectivity index is 2.63. The normalized spacial score (nSPS) is 17.7. The monoisotopic (exact) mass is 219 g/mol. The van der Waals surface area contributed by atoms with Gasteiger partial charge in [0, 0.05) is 5.56 Å². The van der Waals surface area contributed by atoms with Crippen molar-refractivity contribution in [3.05, 3.63) is 23.8 Å². The van der Waals surface area contributed by atoms with Gasteiger partial charge < -0.3 is 10.1 Å². The molecule has 1 N–H and O–H groups in total. The summed E-state index contributed by atoms with van der Waals surface area (Å²) in [5.41, 5.74) is -0.0393. The van der Waals surface area contributed by atoms with Gasteiger partial charge in [-0.05, 0) is 26.0 Å².